The van der Waals surface area contributed by atoms with Crippen LogP contribution in [0.4, 0.5) is 18.9 Å². The van der Waals surface area contributed by atoms with Crippen molar-refractivity contribution in [3.05, 3.63) is 53.3 Å². The minimum absolute atomic E-state index is 0.0334. The molecule has 0 unspecified atom stereocenters. The monoisotopic (exact) mass is 428 g/mol. The molecule has 1 fully saturated rings. The Labute approximate surface area is 166 Å². The van der Waals surface area contributed by atoms with Gasteiger partial charge in [0.25, 0.3) is 5.91 Å². The first-order chi connectivity index (χ1) is 13.7. The Balaban J connectivity index is 1.89. The molecule has 1 aliphatic rings. The lowest BCUT2D eigenvalue weighted by Crippen LogP contribution is -2.33. The van der Waals surface area contributed by atoms with E-state index in [2.05, 4.69) is 10.0 Å². The van der Waals surface area contributed by atoms with Crippen molar-refractivity contribution in [1.29, 1.82) is 0 Å². The number of hydrogen-bond donors (Lipinski definition) is 2. The van der Waals surface area contributed by atoms with Gasteiger partial charge in [0, 0.05) is 23.7 Å². The third-order valence-corrected chi connectivity index (χ3v) is 6.19. The lowest BCUT2D eigenvalue weighted by atomic mass is 10.2. The molecule has 0 atom stereocenters. The SMILES string of the molecule is COc1ccc(C(=O)Nc2cc(F)c(F)cc2F)cc1S(=O)(=O)NC1CCCC1. The van der Waals surface area contributed by atoms with E-state index in [1.165, 1.54) is 19.2 Å². The van der Waals surface area contributed by atoms with Crippen LogP contribution in [-0.2, 0) is 10.0 Å². The van der Waals surface area contributed by atoms with E-state index < -0.39 is 39.1 Å². The zero-order valence-corrected chi connectivity index (χ0v) is 16.3. The Morgan fingerprint density at radius 3 is 2.34 bits per heavy atom. The number of benzene rings is 2. The third-order valence-electron chi connectivity index (χ3n) is 4.65. The average molecular weight is 428 g/mol. The van der Waals surface area contributed by atoms with E-state index in [9.17, 15) is 26.4 Å². The smallest absolute Gasteiger partial charge is 0.255 e. The molecule has 10 heteroatoms. The van der Waals surface area contributed by atoms with E-state index in [-0.39, 0.29) is 22.3 Å². The van der Waals surface area contributed by atoms with Gasteiger partial charge in [0.2, 0.25) is 10.0 Å². The molecule has 29 heavy (non-hydrogen) atoms. The van der Waals surface area contributed by atoms with Gasteiger partial charge in [0.15, 0.2) is 11.6 Å². The van der Waals surface area contributed by atoms with Crippen LogP contribution in [0.1, 0.15) is 36.0 Å². The van der Waals surface area contributed by atoms with E-state index in [1.807, 2.05) is 0 Å². The molecular formula is C19H19F3N2O4S. The van der Waals surface area contributed by atoms with Gasteiger partial charge in [-0.05, 0) is 31.0 Å². The minimum atomic E-state index is -3.97. The summed E-state index contributed by atoms with van der Waals surface area (Å²) in [5.41, 5.74) is -0.695. The van der Waals surface area contributed by atoms with Crippen LogP contribution in [0.15, 0.2) is 35.2 Å². The second-order valence-electron chi connectivity index (χ2n) is 6.67. The Hall–Kier alpha value is -2.59. The number of hydrogen-bond acceptors (Lipinski definition) is 4. The second-order valence-corrected chi connectivity index (χ2v) is 8.35. The molecule has 0 aliphatic heterocycles. The number of carbonyl (C=O) groups is 1. The zero-order valence-electron chi connectivity index (χ0n) is 15.5. The molecule has 1 saturated carbocycles. The number of sulfonamides is 1. The van der Waals surface area contributed by atoms with Crippen molar-refractivity contribution >= 4 is 21.6 Å². The van der Waals surface area contributed by atoms with Gasteiger partial charge in [-0.3, -0.25) is 4.79 Å². The molecule has 0 spiro atoms. The van der Waals surface area contributed by atoms with Gasteiger partial charge in [-0.25, -0.2) is 26.3 Å². The van der Waals surface area contributed by atoms with Crippen LogP contribution < -0.4 is 14.8 Å². The maximum absolute atomic E-state index is 13.8. The highest BCUT2D eigenvalue weighted by atomic mass is 32.2. The number of methoxy groups -OCH3 is 1. The number of rotatable bonds is 6. The summed E-state index contributed by atoms with van der Waals surface area (Å²) in [6.07, 6.45) is 3.29. The number of anilines is 1. The Bertz CT molecular complexity index is 1040. The van der Waals surface area contributed by atoms with Crippen LogP contribution in [0.2, 0.25) is 0 Å². The van der Waals surface area contributed by atoms with E-state index in [4.69, 9.17) is 4.74 Å². The fourth-order valence-corrected chi connectivity index (χ4v) is 4.67. The summed E-state index contributed by atoms with van der Waals surface area (Å²) in [6.45, 7) is 0. The lowest BCUT2D eigenvalue weighted by Gasteiger charge is -2.16. The Morgan fingerprint density at radius 1 is 1.03 bits per heavy atom. The maximum atomic E-state index is 13.8. The highest BCUT2D eigenvalue weighted by molar-refractivity contribution is 7.89. The first-order valence-corrected chi connectivity index (χ1v) is 10.4. The van der Waals surface area contributed by atoms with Crippen molar-refractivity contribution in [2.45, 2.75) is 36.6 Å². The van der Waals surface area contributed by atoms with E-state index in [1.54, 1.807) is 0 Å². The van der Waals surface area contributed by atoms with Crippen molar-refractivity contribution in [3.8, 4) is 5.75 Å². The van der Waals surface area contributed by atoms with Gasteiger partial charge in [0.1, 0.15) is 16.5 Å². The predicted molar refractivity (Wildman–Crippen MR) is 99.8 cm³/mol. The molecule has 2 aromatic carbocycles. The van der Waals surface area contributed by atoms with Gasteiger partial charge in [-0.2, -0.15) is 0 Å². The van der Waals surface area contributed by atoms with E-state index in [0.29, 0.717) is 12.1 Å². The first-order valence-electron chi connectivity index (χ1n) is 8.87. The number of nitrogens with one attached hydrogen (secondary N) is 2. The number of halogens is 3. The molecule has 0 bridgehead atoms. The van der Waals surface area contributed by atoms with Crippen molar-refractivity contribution < 1.29 is 31.1 Å². The fraction of sp³-hybridized carbons (Fsp3) is 0.316. The standard InChI is InChI=1S/C19H19F3N2O4S/c1-28-17-7-6-11(8-18(17)29(26,27)24-12-4-2-3-5-12)19(25)23-16-10-14(21)13(20)9-15(16)22/h6-10,12,24H,2-5H2,1H3,(H,23,25). The summed E-state index contributed by atoms with van der Waals surface area (Å²) in [4.78, 5) is 12.2. The molecule has 2 aromatic rings. The van der Waals surface area contributed by atoms with Crippen LogP contribution in [0.3, 0.4) is 0 Å². The summed E-state index contributed by atoms with van der Waals surface area (Å²) in [5.74, 6) is -4.75. The maximum Gasteiger partial charge on any atom is 0.255 e. The highest BCUT2D eigenvalue weighted by Crippen LogP contribution is 2.28. The van der Waals surface area contributed by atoms with Gasteiger partial charge in [0.05, 0.1) is 12.8 Å². The summed E-state index contributed by atoms with van der Waals surface area (Å²) in [7, 11) is -2.68. The van der Waals surface area contributed by atoms with Crippen LogP contribution in [0.25, 0.3) is 0 Å². The average Bonchev–Trinajstić information content (AvgIpc) is 3.17. The number of carbonyl (C=O) groups excluding carboxylic acids is 1. The van der Waals surface area contributed by atoms with Crippen LogP contribution in [0.5, 0.6) is 5.75 Å². The minimum Gasteiger partial charge on any atom is -0.495 e. The summed E-state index contributed by atoms with van der Waals surface area (Å²) in [5, 5.41) is 2.11. The van der Waals surface area contributed by atoms with Crippen LogP contribution >= 0.6 is 0 Å². The third kappa shape index (κ3) is 4.70. The molecule has 0 radical (unpaired) electrons. The molecule has 0 heterocycles. The Morgan fingerprint density at radius 2 is 1.69 bits per heavy atom. The Kier molecular flexibility index (Phi) is 6.13. The van der Waals surface area contributed by atoms with Crippen LogP contribution in [-0.4, -0.2) is 27.5 Å². The molecule has 6 nitrogen and oxygen atoms in total. The molecule has 3 rings (SSSR count). The largest absolute Gasteiger partial charge is 0.495 e. The molecule has 2 N–H and O–H groups in total. The van der Waals surface area contributed by atoms with E-state index >= 15 is 0 Å². The van der Waals surface area contributed by atoms with Gasteiger partial charge in [-0.1, -0.05) is 12.8 Å². The van der Waals surface area contributed by atoms with Gasteiger partial charge >= 0.3 is 0 Å². The molecule has 0 saturated heterocycles. The summed E-state index contributed by atoms with van der Waals surface area (Å²) < 4.78 is 73.4. The quantitative estimate of drug-likeness (QED) is 0.689. The second kappa shape index (κ2) is 8.42. The van der Waals surface area contributed by atoms with Gasteiger partial charge < -0.3 is 10.1 Å². The molecule has 1 amide bonds. The predicted octanol–water partition coefficient (Wildman–Crippen LogP) is 3.59. The molecule has 0 aromatic heterocycles. The van der Waals surface area contributed by atoms with E-state index in [0.717, 1.165) is 31.7 Å². The van der Waals surface area contributed by atoms with Gasteiger partial charge in [-0.15, -0.1) is 0 Å². The van der Waals surface area contributed by atoms with Crippen molar-refractivity contribution in [1.82, 2.24) is 4.72 Å². The normalized spacial score (nSPS) is 14.8. The summed E-state index contributed by atoms with van der Waals surface area (Å²) in [6, 6.07) is 4.27. The number of ether oxygens (including phenoxy) is 1. The lowest BCUT2D eigenvalue weighted by molar-refractivity contribution is 0.102. The topological polar surface area (TPSA) is 84.5 Å². The molecule has 156 valence electrons. The van der Waals surface area contributed by atoms with Crippen molar-refractivity contribution in [2.24, 2.45) is 0 Å². The fourth-order valence-electron chi connectivity index (χ4n) is 3.17. The van der Waals surface area contributed by atoms with Crippen molar-refractivity contribution in [3.63, 3.8) is 0 Å². The first kappa shape index (κ1) is 21.1. The summed E-state index contributed by atoms with van der Waals surface area (Å²) >= 11 is 0. The van der Waals surface area contributed by atoms with Crippen molar-refractivity contribution in [2.75, 3.05) is 12.4 Å². The zero-order chi connectivity index (χ0) is 21.2. The number of amides is 1. The molecule has 1 aliphatic carbocycles. The van der Waals surface area contributed by atoms with Crippen LogP contribution in [0, 0.1) is 17.5 Å². The molecular weight excluding hydrogens is 409 g/mol. The highest BCUT2D eigenvalue weighted by Gasteiger charge is 2.27.